The van der Waals surface area contributed by atoms with Gasteiger partial charge in [0.1, 0.15) is 11.2 Å². The van der Waals surface area contributed by atoms with Gasteiger partial charge < -0.3 is 19.1 Å². The van der Waals surface area contributed by atoms with Crippen LogP contribution in [0.2, 0.25) is 0 Å². The molecule has 1 aliphatic carbocycles. The molecule has 0 saturated heterocycles. The molecule has 0 atom stereocenters. The summed E-state index contributed by atoms with van der Waals surface area (Å²) in [7, 11) is 0.643. The smallest absolute Gasteiger partial charge is 0.245 e. The zero-order valence-corrected chi connectivity index (χ0v) is 32.8. The van der Waals surface area contributed by atoms with E-state index in [0.29, 0.717) is 7.28 Å². The van der Waals surface area contributed by atoms with Crippen molar-refractivity contribution >= 4 is 79.7 Å². The highest BCUT2D eigenvalue weighted by Gasteiger charge is 2.41. The molecule has 4 nitrogen and oxygen atoms in total. The van der Waals surface area contributed by atoms with Crippen molar-refractivity contribution in [3.05, 3.63) is 137 Å². The number of nitrogens with zero attached hydrogens (tertiary/aromatic N) is 1. The summed E-state index contributed by atoms with van der Waals surface area (Å²) in [5.74, 6) is 0. The molecule has 55 heavy (non-hydrogen) atoms. The Morgan fingerprint density at radius 3 is 2.04 bits per heavy atom. The molecule has 11 rings (SSSR count). The van der Waals surface area contributed by atoms with E-state index in [4.69, 9.17) is 8.83 Å². The lowest BCUT2D eigenvalue weighted by molar-refractivity contribution is 0.332. The highest BCUT2D eigenvalue weighted by molar-refractivity contribution is 6.73. The zero-order valence-electron chi connectivity index (χ0n) is 32.8. The number of rotatable bonds is 2. The molecule has 1 N–H and O–H groups in total. The van der Waals surface area contributed by atoms with Crippen LogP contribution in [0.3, 0.4) is 0 Å². The van der Waals surface area contributed by atoms with Gasteiger partial charge in [0.05, 0.1) is 22.7 Å². The van der Waals surface area contributed by atoms with E-state index in [2.05, 4.69) is 168 Å². The van der Waals surface area contributed by atoms with E-state index < -0.39 is 0 Å². The molecule has 0 saturated carbocycles. The third kappa shape index (κ3) is 4.47. The molecule has 0 spiro atoms. The zero-order chi connectivity index (χ0) is 37.6. The van der Waals surface area contributed by atoms with Crippen LogP contribution >= 0.6 is 0 Å². The molecule has 0 fully saturated rings. The number of benzene rings is 6. The average Bonchev–Trinajstić information content (AvgIpc) is 3.74. The summed E-state index contributed by atoms with van der Waals surface area (Å²) in [6.45, 7) is 16.7. The van der Waals surface area contributed by atoms with Crippen molar-refractivity contribution in [2.75, 3.05) is 10.2 Å². The monoisotopic (exact) mass is 716 g/mol. The molecular weight excluding hydrogens is 671 g/mol. The first-order valence-electron chi connectivity index (χ1n) is 19.9. The van der Waals surface area contributed by atoms with Gasteiger partial charge >= 0.3 is 0 Å². The lowest BCUT2D eigenvalue weighted by Gasteiger charge is -2.43. The minimum absolute atomic E-state index is 0.0433. The van der Waals surface area contributed by atoms with E-state index in [-0.39, 0.29) is 16.2 Å². The van der Waals surface area contributed by atoms with E-state index in [0.717, 1.165) is 67.7 Å². The minimum atomic E-state index is -0.182. The first kappa shape index (κ1) is 32.7. The lowest BCUT2D eigenvalue weighted by Crippen LogP contribution is -2.41. The van der Waals surface area contributed by atoms with Crippen LogP contribution in [0.15, 0.2) is 118 Å². The van der Waals surface area contributed by atoms with Crippen LogP contribution in [0.4, 0.5) is 28.4 Å². The molecule has 3 aliphatic rings. The van der Waals surface area contributed by atoms with Crippen LogP contribution in [0.5, 0.6) is 0 Å². The Kier molecular flexibility index (Phi) is 6.53. The second-order valence-corrected chi connectivity index (χ2v) is 18.1. The Bertz CT molecular complexity index is 2940. The molecule has 0 bridgehead atoms. The number of furan rings is 2. The molecule has 0 amide bonds. The van der Waals surface area contributed by atoms with E-state index in [1.165, 1.54) is 56.5 Å². The summed E-state index contributed by atoms with van der Waals surface area (Å²) in [4.78, 5) is 2.52. The fourth-order valence-electron chi connectivity index (χ4n) is 10.3. The van der Waals surface area contributed by atoms with Crippen LogP contribution in [0.25, 0.3) is 44.0 Å². The summed E-state index contributed by atoms with van der Waals surface area (Å²) in [6.07, 6.45) is 2.32. The van der Waals surface area contributed by atoms with Crippen molar-refractivity contribution in [3.63, 3.8) is 0 Å². The second kappa shape index (κ2) is 11.0. The van der Waals surface area contributed by atoms with Crippen LogP contribution in [0, 0.1) is 6.92 Å². The molecule has 5 heteroatoms. The van der Waals surface area contributed by atoms with Gasteiger partial charge in [-0.2, -0.15) is 0 Å². The van der Waals surface area contributed by atoms with Gasteiger partial charge in [-0.3, -0.25) is 0 Å². The number of anilines is 5. The summed E-state index contributed by atoms with van der Waals surface area (Å²) in [6, 6.07) is 40.0. The molecule has 0 unspecified atom stereocenters. The molecule has 4 heterocycles. The number of nitrogens with one attached hydrogen (secondary N) is 1. The summed E-state index contributed by atoms with van der Waals surface area (Å²) >= 11 is 0. The number of hydrogen-bond donors (Lipinski definition) is 1. The van der Waals surface area contributed by atoms with Crippen LogP contribution in [-0.2, 0) is 16.2 Å². The Balaban J connectivity index is 1.27. The third-order valence-electron chi connectivity index (χ3n) is 13.5. The number of aryl methyl sites for hydroxylation is 1. The van der Waals surface area contributed by atoms with Crippen molar-refractivity contribution in [2.24, 2.45) is 0 Å². The predicted molar refractivity (Wildman–Crippen MR) is 232 cm³/mol. The molecule has 2 aromatic heterocycles. The van der Waals surface area contributed by atoms with Crippen molar-refractivity contribution < 1.29 is 8.83 Å². The number of fused-ring (bicyclic) bond motifs is 11. The number of para-hydroxylation sites is 4. The quantitative estimate of drug-likeness (QED) is 0.181. The van der Waals surface area contributed by atoms with Gasteiger partial charge in [0.15, 0.2) is 5.58 Å². The Morgan fingerprint density at radius 1 is 0.600 bits per heavy atom. The van der Waals surface area contributed by atoms with Gasteiger partial charge in [0.2, 0.25) is 7.28 Å². The van der Waals surface area contributed by atoms with Gasteiger partial charge in [-0.05, 0) is 106 Å². The van der Waals surface area contributed by atoms with Crippen LogP contribution < -0.4 is 21.3 Å². The maximum atomic E-state index is 7.03. The average molecular weight is 717 g/mol. The molecular formula is C50H45BN2O2. The second-order valence-electron chi connectivity index (χ2n) is 18.1. The fourth-order valence-corrected chi connectivity index (χ4v) is 10.3. The lowest BCUT2D eigenvalue weighted by atomic mass is 9.60. The number of hydrogen-bond acceptors (Lipinski definition) is 4. The van der Waals surface area contributed by atoms with E-state index in [9.17, 15) is 0 Å². The maximum Gasteiger partial charge on any atom is 0.245 e. The fraction of sp³-hybridized carbons (Fsp3) is 0.240. The van der Waals surface area contributed by atoms with Crippen molar-refractivity contribution in [1.29, 1.82) is 0 Å². The van der Waals surface area contributed by atoms with Crippen LogP contribution in [-0.4, -0.2) is 7.28 Å². The normalized spacial score (nSPS) is 17.2. The summed E-state index contributed by atoms with van der Waals surface area (Å²) < 4.78 is 13.9. The SMILES string of the molecule is Cc1cc2c(cc1N1c3c(oc4ccccc34)Bc3c(-c4cccc5c4Nc4ccccc4C5(C)C)cc4c(oc5ccccc54)c31)C(C)(C)CCC2(C)C. The predicted octanol–water partition coefficient (Wildman–Crippen LogP) is 12.2. The van der Waals surface area contributed by atoms with Gasteiger partial charge in [-0.25, -0.2) is 0 Å². The maximum absolute atomic E-state index is 7.03. The summed E-state index contributed by atoms with van der Waals surface area (Å²) in [5, 5.41) is 7.29. The Morgan fingerprint density at radius 2 is 1.25 bits per heavy atom. The van der Waals surface area contributed by atoms with E-state index in [1.807, 2.05) is 0 Å². The molecule has 0 radical (unpaired) electrons. The van der Waals surface area contributed by atoms with Crippen molar-refractivity contribution in [1.82, 2.24) is 0 Å². The van der Waals surface area contributed by atoms with Crippen molar-refractivity contribution in [2.45, 2.75) is 77.6 Å². The highest BCUT2D eigenvalue weighted by Crippen LogP contribution is 2.54. The van der Waals surface area contributed by atoms with E-state index >= 15 is 0 Å². The molecule has 8 aromatic rings. The molecule has 6 aromatic carbocycles. The summed E-state index contributed by atoms with van der Waals surface area (Å²) in [5.41, 5.74) is 19.7. The Labute approximate surface area is 323 Å². The Hall–Kier alpha value is -5.68. The van der Waals surface area contributed by atoms with Gasteiger partial charge in [0, 0.05) is 38.5 Å². The minimum Gasteiger partial charge on any atom is -0.469 e. The van der Waals surface area contributed by atoms with Crippen LogP contribution in [0.1, 0.15) is 82.2 Å². The first-order valence-corrected chi connectivity index (χ1v) is 19.9. The molecule has 270 valence electrons. The largest absolute Gasteiger partial charge is 0.469 e. The highest BCUT2D eigenvalue weighted by atomic mass is 16.3. The van der Waals surface area contributed by atoms with Gasteiger partial charge in [-0.1, -0.05) is 114 Å². The van der Waals surface area contributed by atoms with Gasteiger partial charge in [-0.15, -0.1) is 0 Å². The topological polar surface area (TPSA) is 41.6 Å². The molecule has 2 aliphatic heterocycles. The standard InChI is InChI=1S/C50H45BN2O2/c1-28-25-36-37(49(4,5)24-23-48(36,2)3)27-39(28)53-44-31-16-9-13-22-41(31)55-47(44)51-42-32(26-33-29-15-8-12-21-40(29)54-46(33)45(42)53)30-17-14-19-35-43(30)52-38-20-11-10-18-34(38)50(35,6)7/h8-22,25-27,51-52H,23-24H2,1-7H3. The third-order valence-corrected chi connectivity index (χ3v) is 13.5. The van der Waals surface area contributed by atoms with Gasteiger partial charge in [0.25, 0.3) is 0 Å². The van der Waals surface area contributed by atoms with E-state index in [1.54, 1.807) is 0 Å². The van der Waals surface area contributed by atoms with Crippen molar-refractivity contribution in [3.8, 4) is 11.1 Å². The first-order chi connectivity index (χ1) is 26.4.